The van der Waals surface area contributed by atoms with Crippen molar-refractivity contribution in [1.82, 2.24) is 10.2 Å². The van der Waals surface area contributed by atoms with Gasteiger partial charge >= 0.3 is 5.97 Å². The maximum atomic E-state index is 13.6. The second-order valence-electron chi connectivity index (χ2n) is 3.42. The smallest absolute Gasteiger partial charge is 0.313 e. The van der Waals surface area contributed by atoms with E-state index in [2.05, 4.69) is 31.4 Å². The molecule has 2 N–H and O–H groups in total. The van der Waals surface area contributed by atoms with Crippen LogP contribution in [0, 0.1) is 11.6 Å². The first-order valence-corrected chi connectivity index (χ1v) is 7.65. The highest BCUT2D eigenvalue weighted by Gasteiger charge is 2.13. The lowest BCUT2D eigenvalue weighted by Gasteiger charge is -2.05. The van der Waals surface area contributed by atoms with Crippen LogP contribution in [-0.4, -0.2) is 27.0 Å². The lowest BCUT2D eigenvalue weighted by atomic mass is 10.3. The van der Waals surface area contributed by atoms with Crippen molar-refractivity contribution in [3.05, 3.63) is 28.2 Å². The van der Waals surface area contributed by atoms with E-state index in [1.807, 2.05) is 0 Å². The van der Waals surface area contributed by atoms with Gasteiger partial charge in [-0.15, -0.1) is 10.2 Å². The van der Waals surface area contributed by atoms with Crippen LogP contribution in [-0.2, 0) is 4.79 Å². The van der Waals surface area contributed by atoms with E-state index >= 15 is 0 Å². The SMILES string of the molecule is O=C(O)CSc1nnc(Nc2c(F)cc(Br)cc2F)s1. The number of benzene rings is 1. The molecule has 0 radical (unpaired) electrons. The summed E-state index contributed by atoms with van der Waals surface area (Å²) in [6, 6.07) is 2.24. The van der Waals surface area contributed by atoms with Gasteiger partial charge in [0, 0.05) is 4.47 Å². The lowest BCUT2D eigenvalue weighted by Crippen LogP contribution is -1.97. The van der Waals surface area contributed by atoms with Crippen LogP contribution in [0.25, 0.3) is 0 Å². The summed E-state index contributed by atoms with van der Waals surface area (Å²) >= 11 is 4.97. The van der Waals surface area contributed by atoms with Crippen LogP contribution >= 0.6 is 39.0 Å². The van der Waals surface area contributed by atoms with Crippen molar-refractivity contribution in [1.29, 1.82) is 0 Å². The van der Waals surface area contributed by atoms with E-state index in [9.17, 15) is 13.6 Å². The standard InChI is InChI=1S/C10H6BrF2N3O2S2/c11-4-1-5(12)8(6(13)2-4)14-9-15-16-10(20-9)19-3-7(17)18/h1-2H,3H2,(H,14,15)(H,17,18). The fourth-order valence-corrected chi connectivity index (χ4v) is 3.09. The Morgan fingerprint density at radius 3 is 2.65 bits per heavy atom. The first-order chi connectivity index (χ1) is 9.45. The zero-order valence-corrected chi connectivity index (χ0v) is 12.8. The highest BCUT2D eigenvalue weighted by atomic mass is 79.9. The molecule has 20 heavy (non-hydrogen) atoms. The fraction of sp³-hybridized carbons (Fsp3) is 0.100. The predicted molar refractivity (Wildman–Crippen MR) is 75.6 cm³/mol. The maximum Gasteiger partial charge on any atom is 0.313 e. The second-order valence-corrected chi connectivity index (χ2v) is 6.54. The normalized spacial score (nSPS) is 10.6. The topological polar surface area (TPSA) is 75.1 Å². The lowest BCUT2D eigenvalue weighted by molar-refractivity contribution is -0.133. The molecule has 5 nitrogen and oxygen atoms in total. The molecular formula is C10H6BrF2N3O2S2. The van der Waals surface area contributed by atoms with Crippen molar-refractivity contribution < 1.29 is 18.7 Å². The van der Waals surface area contributed by atoms with Gasteiger partial charge in [0.25, 0.3) is 0 Å². The van der Waals surface area contributed by atoms with Gasteiger partial charge in [-0.3, -0.25) is 4.79 Å². The van der Waals surface area contributed by atoms with E-state index < -0.39 is 17.6 Å². The quantitative estimate of drug-likeness (QED) is 0.772. The van der Waals surface area contributed by atoms with Crippen LogP contribution < -0.4 is 5.32 Å². The maximum absolute atomic E-state index is 13.6. The van der Waals surface area contributed by atoms with Crippen molar-refractivity contribution in [2.24, 2.45) is 0 Å². The summed E-state index contributed by atoms with van der Waals surface area (Å²) in [4.78, 5) is 10.4. The van der Waals surface area contributed by atoms with Crippen molar-refractivity contribution in [3.63, 3.8) is 0 Å². The number of rotatable bonds is 5. The molecule has 0 aliphatic rings. The number of anilines is 2. The molecule has 0 unspecified atom stereocenters. The van der Waals surface area contributed by atoms with E-state index in [4.69, 9.17) is 5.11 Å². The molecule has 1 heterocycles. The van der Waals surface area contributed by atoms with E-state index in [-0.39, 0.29) is 21.0 Å². The third-order valence-electron chi connectivity index (χ3n) is 1.96. The Morgan fingerprint density at radius 2 is 2.05 bits per heavy atom. The van der Waals surface area contributed by atoms with Crippen molar-refractivity contribution in [2.75, 3.05) is 11.1 Å². The summed E-state index contributed by atoms with van der Waals surface area (Å²) in [6.07, 6.45) is 0. The zero-order valence-electron chi connectivity index (χ0n) is 9.56. The van der Waals surface area contributed by atoms with Gasteiger partial charge in [-0.05, 0) is 12.1 Å². The number of aromatic nitrogens is 2. The van der Waals surface area contributed by atoms with Gasteiger partial charge in [0.2, 0.25) is 5.13 Å². The molecular weight excluding hydrogens is 376 g/mol. The molecule has 0 saturated heterocycles. The monoisotopic (exact) mass is 381 g/mol. The third kappa shape index (κ3) is 3.87. The minimum Gasteiger partial charge on any atom is -0.481 e. The van der Waals surface area contributed by atoms with E-state index in [1.54, 1.807) is 0 Å². The first kappa shape index (κ1) is 15.1. The number of thioether (sulfide) groups is 1. The van der Waals surface area contributed by atoms with Gasteiger partial charge in [-0.2, -0.15) is 0 Å². The number of carboxylic acid groups (broad SMARTS) is 1. The fourth-order valence-electron chi connectivity index (χ4n) is 1.21. The summed E-state index contributed by atoms with van der Waals surface area (Å²) < 4.78 is 27.9. The molecule has 2 rings (SSSR count). The molecule has 106 valence electrons. The third-order valence-corrected chi connectivity index (χ3v) is 4.38. The first-order valence-electron chi connectivity index (χ1n) is 5.05. The molecule has 0 atom stereocenters. The number of halogens is 3. The van der Waals surface area contributed by atoms with E-state index in [1.165, 1.54) is 0 Å². The van der Waals surface area contributed by atoms with Crippen molar-refractivity contribution in [2.45, 2.75) is 4.34 Å². The minimum absolute atomic E-state index is 0.157. The summed E-state index contributed by atoms with van der Waals surface area (Å²) in [6.45, 7) is 0. The molecule has 0 amide bonds. The molecule has 0 fully saturated rings. The molecule has 0 saturated carbocycles. The number of nitrogens with one attached hydrogen (secondary N) is 1. The van der Waals surface area contributed by atoms with Crippen LogP contribution in [0.3, 0.4) is 0 Å². The van der Waals surface area contributed by atoms with Crippen molar-refractivity contribution in [3.8, 4) is 0 Å². The molecule has 0 aliphatic heterocycles. The number of carbonyl (C=O) groups is 1. The number of hydrogen-bond acceptors (Lipinski definition) is 6. The number of carboxylic acids is 1. The average Bonchev–Trinajstić information content (AvgIpc) is 2.79. The molecule has 0 bridgehead atoms. The summed E-state index contributed by atoms with van der Waals surface area (Å²) in [5.41, 5.74) is -0.334. The molecule has 2 aromatic rings. The Labute approximate surface area is 128 Å². The Morgan fingerprint density at radius 1 is 1.40 bits per heavy atom. The Bertz CT molecular complexity index is 630. The van der Waals surface area contributed by atoms with Crippen molar-refractivity contribution >= 4 is 55.8 Å². The van der Waals surface area contributed by atoms with Gasteiger partial charge in [-0.25, -0.2) is 8.78 Å². The summed E-state index contributed by atoms with van der Waals surface area (Å²) in [5, 5.41) is 18.6. The Balaban J connectivity index is 2.13. The van der Waals surface area contributed by atoms with Gasteiger partial charge in [0.15, 0.2) is 16.0 Å². The highest BCUT2D eigenvalue weighted by Crippen LogP contribution is 2.30. The van der Waals surface area contributed by atoms with Crippen LogP contribution in [0.1, 0.15) is 0 Å². The number of aliphatic carboxylic acids is 1. The van der Waals surface area contributed by atoms with Crippen LogP contribution in [0.2, 0.25) is 0 Å². The predicted octanol–water partition coefficient (Wildman–Crippen LogP) is 3.50. The van der Waals surface area contributed by atoms with Crippen LogP contribution in [0.5, 0.6) is 0 Å². The molecule has 1 aromatic carbocycles. The number of nitrogens with zero attached hydrogens (tertiary/aromatic N) is 2. The Hall–Kier alpha value is -1.26. The van der Waals surface area contributed by atoms with Crippen LogP contribution in [0.4, 0.5) is 19.6 Å². The largest absolute Gasteiger partial charge is 0.481 e. The van der Waals surface area contributed by atoms with Crippen LogP contribution in [0.15, 0.2) is 20.9 Å². The molecule has 0 aliphatic carbocycles. The molecule has 10 heteroatoms. The minimum atomic E-state index is -0.982. The van der Waals surface area contributed by atoms with E-state index in [0.29, 0.717) is 4.34 Å². The van der Waals surface area contributed by atoms with Gasteiger partial charge in [0.05, 0.1) is 5.75 Å². The van der Waals surface area contributed by atoms with Gasteiger partial charge < -0.3 is 10.4 Å². The Kier molecular flexibility index (Phi) is 4.89. The highest BCUT2D eigenvalue weighted by molar-refractivity contribution is 9.10. The average molecular weight is 382 g/mol. The molecule has 0 spiro atoms. The van der Waals surface area contributed by atoms with Gasteiger partial charge in [-0.1, -0.05) is 39.0 Å². The second kappa shape index (κ2) is 6.46. The zero-order chi connectivity index (χ0) is 14.7. The van der Waals surface area contributed by atoms with Gasteiger partial charge in [0.1, 0.15) is 5.69 Å². The molecule has 1 aromatic heterocycles. The number of hydrogen-bond donors (Lipinski definition) is 2. The summed E-state index contributed by atoms with van der Waals surface area (Å²) in [5.74, 6) is -2.68. The van der Waals surface area contributed by atoms with E-state index in [0.717, 1.165) is 35.2 Å². The summed E-state index contributed by atoms with van der Waals surface area (Å²) in [7, 11) is 0.